The first kappa shape index (κ1) is 11.3. The molecule has 2 N–H and O–H groups in total. The Labute approximate surface area is 86.5 Å². The molecule has 1 rings (SSSR count). The molecule has 0 aliphatic carbocycles. The monoisotopic (exact) mass is 195 g/mol. The molecule has 1 aromatic heterocycles. The van der Waals surface area contributed by atoms with Crippen molar-refractivity contribution in [1.82, 2.24) is 0 Å². The van der Waals surface area contributed by atoms with Crippen molar-refractivity contribution in [2.24, 2.45) is 11.7 Å². The van der Waals surface area contributed by atoms with Gasteiger partial charge in [0.2, 0.25) is 0 Å². The van der Waals surface area contributed by atoms with E-state index < -0.39 is 0 Å². The van der Waals surface area contributed by atoms with E-state index in [9.17, 15) is 0 Å². The maximum Gasteiger partial charge on any atom is 0.105 e. The van der Waals surface area contributed by atoms with E-state index in [1.54, 1.807) is 0 Å². The van der Waals surface area contributed by atoms with Crippen LogP contribution in [0.25, 0.3) is 0 Å². The summed E-state index contributed by atoms with van der Waals surface area (Å²) in [5.74, 6) is 2.45. The van der Waals surface area contributed by atoms with Crippen molar-refractivity contribution in [1.29, 1.82) is 0 Å². The second-order valence-corrected chi connectivity index (χ2v) is 4.16. The van der Waals surface area contributed by atoms with Gasteiger partial charge in [-0.15, -0.1) is 0 Å². The van der Waals surface area contributed by atoms with Gasteiger partial charge < -0.3 is 10.2 Å². The summed E-state index contributed by atoms with van der Waals surface area (Å²) in [5.41, 5.74) is 7.35. The zero-order valence-corrected chi connectivity index (χ0v) is 9.63. The van der Waals surface area contributed by atoms with E-state index in [-0.39, 0.29) is 6.04 Å². The molecule has 2 atom stereocenters. The Morgan fingerprint density at radius 1 is 1.43 bits per heavy atom. The normalized spacial score (nSPS) is 15.5. The lowest BCUT2D eigenvalue weighted by molar-refractivity contribution is 0.423. The Hall–Kier alpha value is -0.760. The maximum atomic E-state index is 6.18. The molecule has 1 aromatic rings. The van der Waals surface area contributed by atoms with Gasteiger partial charge in [0, 0.05) is 11.6 Å². The lowest BCUT2D eigenvalue weighted by atomic mass is 9.92. The third-order valence-corrected chi connectivity index (χ3v) is 2.80. The highest BCUT2D eigenvalue weighted by Gasteiger charge is 2.18. The van der Waals surface area contributed by atoms with E-state index in [0.717, 1.165) is 11.5 Å². The van der Waals surface area contributed by atoms with E-state index in [2.05, 4.69) is 19.9 Å². The quantitative estimate of drug-likeness (QED) is 0.800. The summed E-state index contributed by atoms with van der Waals surface area (Å²) < 4.78 is 5.48. The van der Waals surface area contributed by atoms with Gasteiger partial charge in [-0.05, 0) is 32.3 Å². The van der Waals surface area contributed by atoms with Gasteiger partial charge in [0.05, 0.1) is 0 Å². The van der Waals surface area contributed by atoms with Gasteiger partial charge in [-0.2, -0.15) is 0 Å². The highest BCUT2D eigenvalue weighted by atomic mass is 16.3. The van der Waals surface area contributed by atoms with Crippen LogP contribution in [0, 0.1) is 19.8 Å². The standard InChI is InChI=1S/C12H21NO/c1-5-6-8(2)12(13)11-7-9(3)14-10(11)4/h7-8,12H,5-6,13H2,1-4H3. The van der Waals surface area contributed by atoms with Crippen molar-refractivity contribution in [3.05, 3.63) is 23.2 Å². The van der Waals surface area contributed by atoms with Gasteiger partial charge in [-0.1, -0.05) is 20.3 Å². The number of hydrogen-bond acceptors (Lipinski definition) is 2. The molecule has 80 valence electrons. The fourth-order valence-corrected chi connectivity index (χ4v) is 1.92. The first-order valence-corrected chi connectivity index (χ1v) is 5.38. The van der Waals surface area contributed by atoms with Crippen LogP contribution >= 0.6 is 0 Å². The molecule has 0 fully saturated rings. The van der Waals surface area contributed by atoms with E-state index in [1.165, 1.54) is 18.4 Å². The fourth-order valence-electron chi connectivity index (χ4n) is 1.92. The summed E-state index contributed by atoms with van der Waals surface area (Å²) in [6, 6.07) is 2.18. The topological polar surface area (TPSA) is 39.2 Å². The average molecular weight is 195 g/mol. The molecule has 14 heavy (non-hydrogen) atoms. The van der Waals surface area contributed by atoms with Crippen molar-refractivity contribution in [2.75, 3.05) is 0 Å². The molecule has 2 nitrogen and oxygen atoms in total. The highest BCUT2D eigenvalue weighted by molar-refractivity contribution is 5.24. The van der Waals surface area contributed by atoms with Crippen LogP contribution < -0.4 is 5.73 Å². The number of rotatable bonds is 4. The summed E-state index contributed by atoms with van der Waals surface area (Å²) in [6.45, 7) is 8.35. The van der Waals surface area contributed by atoms with Crippen molar-refractivity contribution >= 4 is 0 Å². The minimum atomic E-state index is 0.118. The van der Waals surface area contributed by atoms with Crippen LogP contribution in [0.15, 0.2) is 10.5 Å². The molecule has 2 unspecified atom stereocenters. The second-order valence-electron chi connectivity index (χ2n) is 4.16. The summed E-state index contributed by atoms with van der Waals surface area (Å²) in [7, 11) is 0. The van der Waals surface area contributed by atoms with Crippen molar-refractivity contribution in [3.8, 4) is 0 Å². The summed E-state index contributed by atoms with van der Waals surface area (Å²) in [5, 5.41) is 0. The van der Waals surface area contributed by atoms with Gasteiger partial charge in [0.15, 0.2) is 0 Å². The van der Waals surface area contributed by atoms with E-state index in [1.807, 2.05) is 13.8 Å². The molecule has 0 saturated heterocycles. The molecule has 0 spiro atoms. The Kier molecular flexibility index (Phi) is 3.76. The van der Waals surface area contributed by atoms with Crippen LogP contribution in [0.3, 0.4) is 0 Å². The van der Waals surface area contributed by atoms with Crippen LogP contribution in [0.5, 0.6) is 0 Å². The summed E-state index contributed by atoms with van der Waals surface area (Å²) in [4.78, 5) is 0. The van der Waals surface area contributed by atoms with Crippen LogP contribution in [-0.4, -0.2) is 0 Å². The summed E-state index contributed by atoms with van der Waals surface area (Å²) in [6.07, 6.45) is 2.36. The minimum absolute atomic E-state index is 0.118. The second kappa shape index (κ2) is 4.65. The van der Waals surface area contributed by atoms with Crippen molar-refractivity contribution < 1.29 is 4.42 Å². The molecule has 0 aliphatic heterocycles. The Balaban J connectivity index is 2.77. The van der Waals surface area contributed by atoms with Crippen LogP contribution in [0.1, 0.15) is 49.8 Å². The molecule has 0 saturated carbocycles. The molecule has 0 amide bonds. The van der Waals surface area contributed by atoms with E-state index in [4.69, 9.17) is 10.2 Å². The van der Waals surface area contributed by atoms with Gasteiger partial charge in [0.1, 0.15) is 11.5 Å². The first-order valence-electron chi connectivity index (χ1n) is 5.38. The molecular formula is C12H21NO. The first-order chi connectivity index (χ1) is 6.56. The summed E-state index contributed by atoms with van der Waals surface area (Å²) >= 11 is 0. The smallest absolute Gasteiger partial charge is 0.105 e. The maximum absolute atomic E-state index is 6.18. The predicted molar refractivity (Wildman–Crippen MR) is 59.2 cm³/mol. The molecule has 0 aliphatic rings. The molecule has 0 bridgehead atoms. The minimum Gasteiger partial charge on any atom is -0.466 e. The van der Waals surface area contributed by atoms with Crippen LogP contribution in [0.4, 0.5) is 0 Å². The van der Waals surface area contributed by atoms with E-state index in [0.29, 0.717) is 5.92 Å². The lowest BCUT2D eigenvalue weighted by Crippen LogP contribution is -2.19. The number of nitrogens with two attached hydrogens (primary N) is 1. The van der Waals surface area contributed by atoms with Gasteiger partial charge in [-0.25, -0.2) is 0 Å². The Morgan fingerprint density at radius 2 is 2.07 bits per heavy atom. The van der Waals surface area contributed by atoms with Crippen LogP contribution in [0.2, 0.25) is 0 Å². The fraction of sp³-hybridized carbons (Fsp3) is 0.667. The molecular weight excluding hydrogens is 174 g/mol. The number of hydrogen-bond donors (Lipinski definition) is 1. The van der Waals surface area contributed by atoms with E-state index >= 15 is 0 Å². The Bertz CT molecular complexity index is 291. The van der Waals surface area contributed by atoms with Crippen molar-refractivity contribution in [3.63, 3.8) is 0 Å². The van der Waals surface area contributed by atoms with Gasteiger partial charge in [0.25, 0.3) is 0 Å². The van der Waals surface area contributed by atoms with Gasteiger partial charge in [-0.3, -0.25) is 0 Å². The average Bonchev–Trinajstić information content (AvgIpc) is 2.44. The third kappa shape index (κ3) is 2.38. The molecule has 0 radical (unpaired) electrons. The lowest BCUT2D eigenvalue weighted by Gasteiger charge is -2.18. The zero-order chi connectivity index (χ0) is 10.7. The largest absolute Gasteiger partial charge is 0.466 e. The van der Waals surface area contributed by atoms with Crippen LogP contribution in [-0.2, 0) is 0 Å². The SMILES string of the molecule is CCCC(C)C(N)c1cc(C)oc1C. The number of furan rings is 1. The third-order valence-electron chi connectivity index (χ3n) is 2.80. The predicted octanol–water partition coefficient (Wildman–Crippen LogP) is 3.33. The highest BCUT2D eigenvalue weighted by Crippen LogP contribution is 2.27. The van der Waals surface area contributed by atoms with Gasteiger partial charge >= 0.3 is 0 Å². The van der Waals surface area contributed by atoms with Crippen molar-refractivity contribution in [2.45, 2.75) is 46.6 Å². The molecule has 2 heteroatoms. The zero-order valence-electron chi connectivity index (χ0n) is 9.63. The molecule has 0 aromatic carbocycles. The Morgan fingerprint density at radius 3 is 2.50 bits per heavy atom. The molecule has 1 heterocycles. The number of aryl methyl sites for hydroxylation is 2.